The molecule has 4 amide bonds. The highest BCUT2D eigenvalue weighted by molar-refractivity contribution is 7.91. The number of nitrogens with zero attached hydrogens (tertiary/aromatic N) is 6. The van der Waals surface area contributed by atoms with Gasteiger partial charge >= 0.3 is 0 Å². The minimum Gasteiger partial charge on any atom is -0.347 e. The molecule has 7 aromatic rings. The SMILES string of the molecule is O=C(NCc1ccc(S(=O)(=O)N2CCN(C(=O)c3ccc(F)cc3F)CC2)s1)c1ccc(Cl)cc1.O=C(NCc1ccc(S(=O)(=O)N2CCN(C(=O)c3ccc4nonc4c3)CC2)s1)c1ccc(Cl)cc1. The van der Waals surface area contributed by atoms with E-state index in [9.17, 15) is 44.8 Å². The van der Waals surface area contributed by atoms with Gasteiger partial charge in [-0.1, -0.05) is 23.2 Å². The minimum absolute atomic E-state index is 0.0391. The van der Waals surface area contributed by atoms with Gasteiger partial charge in [0.1, 0.15) is 31.1 Å². The topological polar surface area (TPSA) is 212 Å². The molecule has 0 spiro atoms. The van der Waals surface area contributed by atoms with Crippen LogP contribution in [0.25, 0.3) is 11.0 Å². The summed E-state index contributed by atoms with van der Waals surface area (Å²) in [6, 6.07) is 26.9. The summed E-state index contributed by atoms with van der Waals surface area (Å²) in [5, 5.41) is 14.1. The largest absolute Gasteiger partial charge is 0.347 e. The Kier molecular flexibility index (Phi) is 15.9. The zero-order valence-corrected chi connectivity index (χ0v) is 41.7. The Labute approximate surface area is 423 Å². The molecule has 0 aliphatic carbocycles. The maximum atomic E-state index is 13.9. The van der Waals surface area contributed by atoms with Crippen LogP contribution in [0, 0.1) is 11.6 Å². The van der Waals surface area contributed by atoms with Crippen LogP contribution in [-0.4, -0.2) is 122 Å². The number of hydrogen-bond donors (Lipinski definition) is 2. The van der Waals surface area contributed by atoms with E-state index in [0.29, 0.717) is 53.6 Å². The smallest absolute Gasteiger partial charge is 0.256 e. The first-order valence-electron chi connectivity index (χ1n) is 21.5. The second-order valence-electron chi connectivity index (χ2n) is 15.8. The second kappa shape index (κ2) is 22.1. The molecule has 0 atom stereocenters. The van der Waals surface area contributed by atoms with Crippen LogP contribution in [0.3, 0.4) is 0 Å². The molecule has 9 rings (SSSR count). The molecule has 2 aliphatic rings. The van der Waals surface area contributed by atoms with Crippen LogP contribution in [-0.2, 0) is 33.1 Å². The van der Waals surface area contributed by atoms with Crippen LogP contribution in [0.15, 0.2) is 122 Å². The zero-order valence-electron chi connectivity index (χ0n) is 37.0. The monoisotopic (exact) mass is 1080 g/mol. The van der Waals surface area contributed by atoms with E-state index < -0.39 is 37.6 Å². The number of carbonyl (C=O) groups is 4. The molecule has 2 N–H and O–H groups in total. The molecule has 0 saturated carbocycles. The number of rotatable bonds is 12. The van der Waals surface area contributed by atoms with Gasteiger partial charge in [-0.2, -0.15) is 8.61 Å². The van der Waals surface area contributed by atoms with Crippen LogP contribution in [0.4, 0.5) is 8.78 Å². The molecule has 2 aliphatic heterocycles. The highest BCUT2D eigenvalue weighted by Gasteiger charge is 2.34. The molecule has 2 saturated heterocycles. The molecule has 4 aromatic carbocycles. The van der Waals surface area contributed by atoms with Gasteiger partial charge in [-0.3, -0.25) is 19.2 Å². The van der Waals surface area contributed by atoms with Crippen molar-refractivity contribution < 1.29 is 49.4 Å². The van der Waals surface area contributed by atoms with Crippen LogP contribution >= 0.6 is 45.9 Å². The summed E-state index contributed by atoms with van der Waals surface area (Å²) in [5.74, 6) is -3.14. The number of hydrogen-bond acceptors (Lipinski definition) is 13. The predicted octanol–water partition coefficient (Wildman–Crippen LogP) is 6.77. The van der Waals surface area contributed by atoms with E-state index in [-0.39, 0.29) is 97.2 Å². The van der Waals surface area contributed by atoms with Crippen molar-refractivity contribution in [3.05, 3.63) is 163 Å². The number of amides is 4. The average molecular weight is 1090 g/mol. The first kappa shape index (κ1) is 51.2. The summed E-state index contributed by atoms with van der Waals surface area (Å²) in [7, 11) is -7.52. The van der Waals surface area contributed by atoms with Crippen molar-refractivity contribution in [3.63, 3.8) is 0 Å². The molecular weight excluding hydrogens is 1050 g/mol. The third-order valence-electron chi connectivity index (χ3n) is 11.2. The molecule has 5 heterocycles. The highest BCUT2D eigenvalue weighted by Crippen LogP contribution is 2.28. The number of halogens is 4. The van der Waals surface area contributed by atoms with Gasteiger partial charge in [0.25, 0.3) is 43.7 Å². The fourth-order valence-electron chi connectivity index (χ4n) is 7.37. The Morgan fingerprint density at radius 1 is 0.549 bits per heavy atom. The Morgan fingerprint density at radius 2 is 1.00 bits per heavy atom. The second-order valence-corrected chi connectivity index (χ2v) is 23.3. The van der Waals surface area contributed by atoms with Crippen molar-refractivity contribution in [3.8, 4) is 0 Å². The molecule has 2 fully saturated rings. The fourth-order valence-corrected chi connectivity index (χ4v) is 13.4. The van der Waals surface area contributed by atoms with Gasteiger partial charge < -0.3 is 20.4 Å². The van der Waals surface area contributed by atoms with E-state index in [0.717, 1.165) is 34.8 Å². The third kappa shape index (κ3) is 12.1. The normalized spacial score (nSPS) is 14.7. The Hall–Kier alpha value is -6.18. The van der Waals surface area contributed by atoms with Crippen molar-refractivity contribution in [2.45, 2.75) is 21.5 Å². The number of benzene rings is 4. The van der Waals surface area contributed by atoms with Gasteiger partial charge in [-0.05, 0) is 113 Å². The molecule has 17 nitrogen and oxygen atoms in total. The first-order valence-corrected chi connectivity index (χ1v) is 26.7. The summed E-state index contributed by atoms with van der Waals surface area (Å²) >= 11 is 13.8. The zero-order chi connectivity index (χ0) is 50.5. The average Bonchev–Trinajstić information content (AvgIpc) is 4.18. The standard InChI is InChI=1S/C23H20ClF2N3O4S2.C23H20ClN5O5S2/c24-16-3-1-15(2-4-16)22(30)27-14-18-6-8-21(34-18)35(32,33)29-11-9-28(10-12-29)23(31)19-7-5-17(25)13-20(19)26;24-17-4-1-15(2-5-17)22(30)25-14-18-6-8-21(35-18)36(32,33)29-11-9-28(10-12-29)23(31)16-3-7-19-20(13-16)27-34-26-19/h1-8,13H,9-12,14H2,(H,27,30);1-8,13H,9-12,14H2,(H,25,30). The van der Waals surface area contributed by atoms with Gasteiger partial charge in [-0.15, -0.1) is 22.7 Å². The number of aromatic nitrogens is 2. The van der Waals surface area contributed by atoms with Crippen LogP contribution in [0.1, 0.15) is 51.2 Å². The van der Waals surface area contributed by atoms with Crippen LogP contribution in [0.5, 0.6) is 0 Å². The quantitative estimate of drug-likeness (QED) is 0.130. The molecule has 370 valence electrons. The molecule has 3 aromatic heterocycles. The maximum absolute atomic E-state index is 13.9. The molecule has 0 bridgehead atoms. The summed E-state index contributed by atoms with van der Waals surface area (Å²) in [4.78, 5) is 54.3. The minimum atomic E-state index is -3.80. The summed E-state index contributed by atoms with van der Waals surface area (Å²) in [6.07, 6.45) is 0. The Morgan fingerprint density at radius 3 is 1.48 bits per heavy atom. The van der Waals surface area contributed by atoms with Gasteiger partial charge in [0.15, 0.2) is 0 Å². The maximum Gasteiger partial charge on any atom is 0.256 e. The lowest BCUT2D eigenvalue weighted by Crippen LogP contribution is -2.50. The van der Waals surface area contributed by atoms with E-state index in [2.05, 4.69) is 25.6 Å². The van der Waals surface area contributed by atoms with Crippen molar-refractivity contribution >= 4 is 101 Å². The number of fused-ring (bicyclic) bond motifs is 1. The lowest BCUT2D eigenvalue weighted by molar-refractivity contribution is 0.0689. The predicted molar refractivity (Wildman–Crippen MR) is 261 cm³/mol. The van der Waals surface area contributed by atoms with E-state index in [1.54, 1.807) is 89.8 Å². The van der Waals surface area contributed by atoms with Crippen molar-refractivity contribution in [1.82, 2.24) is 39.4 Å². The van der Waals surface area contributed by atoms with Gasteiger partial charge in [0.2, 0.25) is 0 Å². The van der Waals surface area contributed by atoms with Crippen molar-refractivity contribution in [1.29, 1.82) is 0 Å². The van der Waals surface area contributed by atoms with E-state index in [4.69, 9.17) is 23.2 Å². The molecule has 25 heteroatoms. The lowest BCUT2D eigenvalue weighted by atomic mass is 10.1. The van der Waals surface area contributed by atoms with E-state index in [1.165, 1.54) is 19.6 Å². The molecule has 71 heavy (non-hydrogen) atoms. The number of nitrogens with one attached hydrogen (secondary N) is 2. The van der Waals surface area contributed by atoms with Gasteiger partial charge in [0.05, 0.1) is 18.7 Å². The van der Waals surface area contributed by atoms with E-state index >= 15 is 0 Å². The first-order chi connectivity index (χ1) is 34.0. The van der Waals surface area contributed by atoms with Gasteiger partial charge in [-0.25, -0.2) is 30.2 Å². The lowest BCUT2D eigenvalue weighted by Gasteiger charge is -2.33. The van der Waals surface area contributed by atoms with Crippen molar-refractivity contribution in [2.24, 2.45) is 0 Å². The number of thiophene rings is 2. The number of piperazine rings is 2. The summed E-state index contributed by atoms with van der Waals surface area (Å²) < 4.78 is 87.1. The number of sulfonamides is 2. The summed E-state index contributed by atoms with van der Waals surface area (Å²) in [5.41, 5.74) is 2.13. The Balaban J connectivity index is 0.000000191. The van der Waals surface area contributed by atoms with Crippen LogP contribution in [0.2, 0.25) is 10.0 Å². The third-order valence-corrected chi connectivity index (χ3v) is 18.6. The van der Waals surface area contributed by atoms with Gasteiger partial charge in [0, 0.05) is 94.9 Å². The number of carbonyl (C=O) groups excluding carboxylic acids is 4. The van der Waals surface area contributed by atoms with Crippen LogP contribution < -0.4 is 10.6 Å². The molecule has 0 radical (unpaired) electrons. The fraction of sp³-hybridized carbons (Fsp3) is 0.217. The van der Waals surface area contributed by atoms with E-state index in [1.807, 2.05) is 0 Å². The molecular formula is C46H40Cl2F2N8O9S4. The molecule has 0 unspecified atom stereocenters. The summed E-state index contributed by atoms with van der Waals surface area (Å²) in [6.45, 7) is 1.49. The van der Waals surface area contributed by atoms with Crippen molar-refractivity contribution in [2.75, 3.05) is 52.4 Å². The Bertz CT molecular complexity index is 3320. The highest BCUT2D eigenvalue weighted by atomic mass is 35.5.